The molecule has 5 heterocycles. The Kier molecular flexibility index (Phi) is 6.54. The van der Waals surface area contributed by atoms with Crippen molar-refractivity contribution in [3.05, 3.63) is 156 Å². The quantitative estimate of drug-likeness (QED) is 0.123. The maximum absolute atomic E-state index is 6.41. The summed E-state index contributed by atoms with van der Waals surface area (Å²) in [6.45, 7) is 11.5. The summed E-state index contributed by atoms with van der Waals surface area (Å²) in [5.74, 6) is 0.452. The molecule has 54 heavy (non-hydrogen) atoms. The monoisotopic (exact) mass is 698 g/mol. The first kappa shape index (κ1) is 31.5. The van der Waals surface area contributed by atoms with Gasteiger partial charge in [0, 0.05) is 35.0 Å². The second-order valence-electron chi connectivity index (χ2n) is 16.8. The first-order chi connectivity index (χ1) is 26.2. The zero-order chi connectivity index (χ0) is 36.5. The van der Waals surface area contributed by atoms with Crippen molar-refractivity contribution in [3.8, 4) is 22.5 Å². The Labute approximate surface area is 315 Å². The predicted octanol–water partition coefficient (Wildman–Crippen LogP) is 12.3. The molecule has 2 aliphatic heterocycles. The maximum Gasteiger partial charge on any atom is 0.259 e. The molecule has 3 nitrogen and oxygen atoms in total. The first-order valence-electron chi connectivity index (χ1n) is 19.4. The van der Waals surface area contributed by atoms with Crippen molar-refractivity contribution >= 4 is 65.6 Å². The van der Waals surface area contributed by atoms with Crippen molar-refractivity contribution in [2.24, 2.45) is 0 Å². The van der Waals surface area contributed by atoms with Gasteiger partial charge in [-0.05, 0) is 114 Å². The number of hydrogen-bond acceptors (Lipinski definition) is 1. The van der Waals surface area contributed by atoms with Crippen LogP contribution in [0.2, 0.25) is 0 Å². The van der Waals surface area contributed by atoms with Crippen molar-refractivity contribution in [2.45, 2.75) is 58.8 Å². The number of rotatable bonds is 1. The lowest BCUT2D eigenvalue weighted by Crippen LogP contribution is -2.47. The summed E-state index contributed by atoms with van der Waals surface area (Å²) in [6, 6.07) is 45.6. The Morgan fingerprint density at radius 3 is 1.76 bits per heavy atom. The normalized spacial score (nSPS) is 15.3. The third-order valence-electron chi connectivity index (χ3n) is 12.2. The number of furan rings is 1. The van der Waals surface area contributed by atoms with Gasteiger partial charge < -0.3 is 4.42 Å². The molecule has 260 valence electrons. The van der Waals surface area contributed by atoms with Crippen LogP contribution < -0.4 is 9.13 Å². The molecule has 3 aromatic heterocycles. The summed E-state index contributed by atoms with van der Waals surface area (Å²) in [5, 5.41) is 10.3. The zero-order valence-corrected chi connectivity index (χ0v) is 31.5. The van der Waals surface area contributed by atoms with Crippen LogP contribution >= 0.6 is 0 Å². The highest BCUT2D eigenvalue weighted by Crippen LogP contribution is 2.44. The molecule has 0 amide bonds. The smallest absolute Gasteiger partial charge is 0.259 e. The summed E-state index contributed by atoms with van der Waals surface area (Å²) in [4.78, 5) is 0. The van der Waals surface area contributed by atoms with E-state index in [9.17, 15) is 0 Å². The SMILES string of the molecule is CC(C)c1ccc2c(c1)c1cc3c(cc1c1ccc(C(C)(C)C)cc21)C/C(=C1/Cc2cc4oc5ccccc5c4cc2-c2cccc[n+]21)[n+]1ccccc1-3. The van der Waals surface area contributed by atoms with Crippen LogP contribution in [0.15, 0.2) is 138 Å². The van der Waals surface area contributed by atoms with E-state index >= 15 is 0 Å². The number of aromatic nitrogens is 2. The number of allylic oxidation sites excluding steroid dienone is 2. The summed E-state index contributed by atoms with van der Waals surface area (Å²) >= 11 is 0. The van der Waals surface area contributed by atoms with Crippen molar-refractivity contribution in [2.75, 3.05) is 0 Å². The van der Waals surface area contributed by atoms with Gasteiger partial charge in [-0.3, -0.25) is 0 Å². The highest BCUT2D eigenvalue weighted by Gasteiger charge is 2.39. The summed E-state index contributed by atoms with van der Waals surface area (Å²) in [7, 11) is 0. The molecule has 11 rings (SSSR count). The second kappa shape index (κ2) is 11.2. The molecule has 0 spiro atoms. The lowest BCUT2D eigenvalue weighted by Gasteiger charge is -2.23. The Morgan fingerprint density at radius 2 is 1.07 bits per heavy atom. The van der Waals surface area contributed by atoms with Crippen LogP contribution in [0.1, 0.15) is 62.8 Å². The molecule has 0 N–H and O–H groups in total. The zero-order valence-electron chi connectivity index (χ0n) is 31.5. The largest absolute Gasteiger partial charge is 0.456 e. The Morgan fingerprint density at radius 1 is 0.500 bits per heavy atom. The fraction of sp³-hybridized carbons (Fsp3) is 0.176. The highest BCUT2D eigenvalue weighted by molar-refractivity contribution is 6.26. The van der Waals surface area contributed by atoms with E-state index in [4.69, 9.17) is 4.42 Å². The lowest BCUT2D eigenvalue weighted by molar-refractivity contribution is -0.602. The third kappa shape index (κ3) is 4.54. The average Bonchev–Trinajstić information content (AvgIpc) is 3.55. The van der Waals surface area contributed by atoms with Crippen LogP contribution in [-0.4, -0.2) is 0 Å². The Balaban J connectivity index is 1.17. The average molecular weight is 699 g/mol. The van der Waals surface area contributed by atoms with E-state index in [0.29, 0.717) is 5.92 Å². The lowest BCUT2D eigenvalue weighted by atomic mass is 9.82. The molecule has 0 unspecified atom stereocenters. The van der Waals surface area contributed by atoms with Crippen molar-refractivity contribution in [1.29, 1.82) is 0 Å². The summed E-state index contributed by atoms with van der Waals surface area (Å²) in [6.07, 6.45) is 6.15. The molecule has 9 aromatic rings. The number of benzene rings is 6. The molecule has 0 aliphatic carbocycles. The van der Waals surface area contributed by atoms with Crippen LogP contribution in [0.4, 0.5) is 0 Å². The van der Waals surface area contributed by atoms with Crippen LogP contribution in [0, 0.1) is 0 Å². The molecule has 0 radical (unpaired) electrons. The molecule has 3 heteroatoms. The van der Waals surface area contributed by atoms with E-state index in [1.54, 1.807) is 0 Å². The molecule has 0 saturated carbocycles. The number of pyridine rings is 2. The standard InChI is InChI=1S/C51H42N2O/c1-30(2)31-16-18-35-40(22-31)43-28-38-32(23-41(43)36-19-17-34(27-42(35)36)51(3,4)5)24-47(52-20-10-8-13-45(38)52)48-25-33-26-50-44(37-12-6-7-15-49(37)54-50)29-39(33)46-14-9-11-21-53(46)48/h6-23,26-30H,24-25H2,1-5H3/q+2/b48-47+. The summed E-state index contributed by atoms with van der Waals surface area (Å²) in [5.41, 5.74) is 15.0. The topological polar surface area (TPSA) is 20.9 Å². The number of hydrogen-bond donors (Lipinski definition) is 0. The van der Waals surface area contributed by atoms with Gasteiger partial charge >= 0.3 is 0 Å². The van der Waals surface area contributed by atoms with Crippen molar-refractivity contribution < 1.29 is 13.6 Å². The van der Waals surface area contributed by atoms with Gasteiger partial charge in [-0.25, -0.2) is 0 Å². The molecular weight excluding hydrogens is 657 g/mol. The van der Waals surface area contributed by atoms with E-state index in [1.165, 1.54) is 93.9 Å². The third-order valence-corrected chi connectivity index (χ3v) is 12.2. The van der Waals surface area contributed by atoms with Gasteiger partial charge in [0.05, 0.1) is 24.0 Å². The van der Waals surface area contributed by atoms with Crippen LogP contribution in [0.25, 0.3) is 88.2 Å². The van der Waals surface area contributed by atoms with E-state index in [0.717, 1.165) is 29.4 Å². The maximum atomic E-state index is 6.41. The minimum atomic E-state index is 0.0635. The predicted molar refractivity (Wildman–Crippen MR) is 224 cm³/mol. The Bertz CT molecular complexity index is 3110. The fourth-order valence-corrected chi connectivity index (χ4v) is 9.33. The molecule has 6 aromatic carbocycles. The van der Waals surface area contributed by atoms with Crippen molar-refractivity contribution in [1.82, 2.24) is 0 Å². The second-order valence-corrected chi connectivity index (χ2v) is 16.8. The Hall–Kier alpha value is -6.06. The van der Waals surface area contributed by atoms with Gasteiger partial charge in [0.15, 0.2) is 12.4 Å². The first-order valence-corrected chi connectivity index (χ1v) is 19.4. The number of para-hydroxylation sites is 1. The minimum Gasteiger partial charge on any atom is -0.456 e. The number of nitrogens with zero attached hydrogens (tertiary/aromatic N) is 2. The minimum absolute atomic E-state index is 0.0635. The van der Waals surface area contributed by atoms with E-state index in [-0.39, 0.29) is 5.41 Å². The molecule has 0 fully saturated rings. The molecule has 2 aliphatic rings. The van der Waals surface area contributed by atoms with Crippen LogP contribution in [-0.2, 0) is 18.3 Å². The fourth-order valence-electron chi connectivity index (χ4n) is 9.33. The van der Waals surface area contributed by atoms with E-state index < -0.39 is 0 Å². The van der Waals surface area contributed by atoms with Crippen molar-refractivity contribution in [3.63, 3.8) is 0 Å². The molecule has 0 bridgehead atoms. The van der Waals surface area contributed by atoms with E-state index in [2.05, 4.69) is 171 Å². The van der Waals surface area contributed by atoms with Crippen LogP contribution in [0.3, 0.4) is 0 Å². The van der Waals surface area contributed by atoms with Gasteiger partial charge in [0.2, 0.25) is 11.4 Å². The van der Waals surface area contributed by atoms with E-state index in [1.807, 2.05) is 6.07 Å². The van der Waals surface area contributed by atoms with Gasteiger partial charge in [-0.1, -0.05) is 83.1 Å². The van der Waals surface area contributed by atoms with Crippen LogP contribution in [0.5, 0.6) is 0 Å². The van der Waals surface area contributed by atoms with Gasteiger partial charge in [0.1, 0.15) is 11.2 Å². The van der Waals surface area contributed by atoms with Gasteiger partial charge in [0.25, 0.3) is 11.4 Å². The molecule has 0 atom stereocenters. The van der Waals surface area contributed by atoms with Gasteiger partial charge in [-0.15, -0.1) is 0 Å². The highest BCUT2D eigenvalue weighted by atomic mass is 16.3. The molecular formula is C51H42N2O+2. The van der Waals surface area contributed by atoms with Gasteiger partial charge in [-0.2, -0.15) is 9.13 Å². The summed E-state index contributed by atoms with van der Waals surface area (Å²) < 4.78 is 11.3. The molecule has 0 saturated heterocycles. The number of fused-ring (bicyclic) bond motifs is 15.